The number of rotatable bonds is 7. The zero-order valence-corrected chi connectivity index (χ0v) is 25.1. The number of carbonyl (C=O) groups excluding carboxylic acids is 1. The Labute approximate surface area is 249 Å². The van der Waals surface area contributed by atoms with Crippen LogP contribution in [0.4, 0.5) is 14.3 Å². The molecule has 1 amide bonds. The van der Waals surface area contributed by atoms with Gasteiger partial charge in [0, 0.05) is 25.6 Å². The lowest BCUT2D eigenvalue weighted by molar-refractivity contribution is 0.0121. The Hall–Kier alpha value is -3.98. The first-order chi connectivity index (χ1) is 20.0. The number of thiazole rings is 1. The number of halogens is 1. The Balaban J connectivity index is 1.49. The van der Waals surface area contributed by atoms with Gasteiger partial charge >= 0.3 is 12.1 Å². The Bertz CT molecular complexity index is 1580. The third-order valence-corrected chi connectivity index (χ3v) is 8.85. The minimum Gasteiger partial charge on any atom is -0.477 e. The minimum atomic E-state index is -1.01. The van der Waals surface area contributed by atoms with Crippen LogP contribution in [0.2, 0.25) is 0 Å². The first-order valence-corrected chi connectivity index (χ1v) is 15.0. The van der Waals surface area contributed by atoms with Crippen molar-refractivity contribution in [3.63, 3.8) is 0 Å². The van der Waals surface area contributed by atoms with Crippen LogP contribution >= 0.6 is 11.3 Å². The van der Waals surface area contributed by atoms with Gasteiger partial charge in [-0.25, -0.2) is 19.0 Å². The van der Waals surface area contributed by atoms with Crippen LogP contribution in [-0.2, 0) is 4.74 Å². The van der Waals surface area contributed by atoms with Gasteiger partial charge in [0.05, 0.1) is 12.2 Å². The number of ether oxygens (including phenoxy) is 1. The van der Waals surface area contributed by atoms with Gasteiger partial charge in [0.15, 0.2) is 5.13 Å². The number of piperidine rings is 1. The zero-order chi connectivity index (χ0) is 30.0. The largest absolute Gasteiger partial charge is 0.477 e. The average molecular weight is 590 g/mol. The van der Waals surface area contributed by atoms with Gasteiger partial charge in [-0.2, -0.15) is 0 Å². The van der Waals surface area contributed by atoms with E-state index in [2.05, 4.69) is 34.1 Å². The molecule has 7 nitrogen and oxygen atoms in total. The second-order valence-electron chi connectivity index (χ2n) is 11.8. The number of carboxylic acid groups (broad SMARTS) is 1. The highest BCUT2D eigenvalue weighted by atomic mass is 32.1. The van der Waals surface area contributed by atoms with Crippen LogP contribution in [0.3, 0.4) is 0 Å². The van der Waals surface area contributed by atoms with E-state index < -0.39 is 17.7 Å². The van der Waals surface area contributed by atoms with Crippen molar-refractivity contribution in [3.8, 4) is 0 Å². The summed E-state index contributed by atoms with van der Waals surface area (Å²) in [5.41, 5.74) is 1.19. The topological polar surface area (TPSA) is 83.0 Å². The summed E-state index contributed by atoms with van der Waals surface area (Å²) < 4.78 is 20.4. The maximum atomic E-state index is 14.5. The number of amides is 1. The molecule has 1 aromatic heterocycles. The second kappa shape index (κ2) is 12.1. The highest BCUT2D eigenvalue weighted by Crippen LogP contribution is 2.39. The summed E-state index contributed by atoms with van der Waals surface area (Å²) in [4.78, 5) is 33.7. The summed E-state index contributed by atoms with van der Waals surface area (Å²) in [6.07, 6.45) is 1.68. The van der Waals surface area contributed by atoms with Crippen LogP contribution in [0.25, 0.3) is 10.8 Å². The number of hydrogen-bond donors (Lipinski definition) is 1. The number of aromatic nitrogens is 1. The highest BCUT2D eigenvalue weighted by Gasteiger charge is 2.37. The molecule has 2 heterocycles. The number of nitrogens with zero attached hydrogens (tertiary/aromatic N) is 3. The van der Waals surface area contributed by atoms with Crippen molar-refractivity contribution < 1.29 is 23.8 Å². The first-order valence-electron chi connectivity index (χ1n) is 14.2. The molecule has 9 heteroatoms. The molecule has 0 saturated carbocycles. The van der Waals surface area contributed by atoms with Gasteiger partial charge < -0.3 is 19.6 Å². The fraction of sp³-hybridized carbons (Fsp3) is 0.364. The molecule has 1 fully saturated rings. The van der Waals surface area contributed by atoms with E-state index in [1.54, 1.807) is 12.1 Å². The summed E-state index contributed by atoms with van der Waals surface area (Å²) in [5, 5.41) is 12.2. The van der Waals surface area contributed by atoms with Crippen LogP contribution in [-0.4, -0.2) is 52.3 Å². The predicted octanol–water partition coefficient (Wildman–Crippen LogP) is 7.74. The second-order valence-corrected chi connectivity index (χ2v) is 12.9. The molecule has 1 N–H and O–H groups in total. The van der Waals surface area contributed by atoms with Crippen molar-refractivity contribution in [3.05, 3.63) is 94.7 Å². The molecule has 2 unspecified atom stereocenters. The number of hydrogen-bond acceptors (Lipinski definition) is 6. The van der Waals surface area contributed by atoms with Gasteiger partial charge in [0.1, 0.15) is 16.3 Å². The molecule has 0 spiro atoms. The van der Waals surface area contributed by atoms with E-state index in [9.17, 15) is 19.1 Å². The molecule has 3 atom stereocenters. The lowest BCUT2D eigenvalue weighted by Crippen LogP contribution is -2.47. The molecule has 1 saturated heterocycles. The van der Waals surface area contributed by atoms with Gasteiger partial charge in [0.25, 0.3) is 0 Å². The van der Waals surface area contributed by atoms with Crippen molar-refractivity contribution in [2.75, 3.05) is 24.5 Å². The third kappa shape index (κ3) is 6.57. The normalized spacial score (nSPS) is 18.1. The standard InChI is InChI=1S/C33H36FN3O4S/c1-21(26-14-8-10-22-9-5-6-13-27(22)26)37(32(40)41-33(2,3)4)19-24-15-16-36(31-35-18-29(42-31)30(38)39)20-28(24)23-11-7-12-25(34)17-23/h5-14,17-18,21,24,28H,15-16,19-20H2,1-4H3,(H,38,39)/t21-,24?,28?/m1/s1. The molecule has 0 bridgehead atoms. The molecular formula is C33H36FN3O4S. The number of carbonyl (C=O) groups is 2. The highest BCUT2D eigenvalue weighted by molar-refractivity contribution is 7.17. The fourth-order valence-corrected chi connectivity index (χ4v) is 6.55. The van der Waals surface area contributed by atoms with Gasteiger partial charge in [0.2, 0.25) is 0 Å². The number of benzene rings is 3. The summed E-state index contributed by atoms with van der Waals surface area (Å²) in [7, 11) is 0. The Kier molecular flexibility index (Phi) is 8.50. The summed E-state index contributed by atoms with van der Waals surface area (Å²) in [6.45, 7) is 9.17. The molecule has 220 valence electrons. The maximum Gasteiger partial charge on any atom is 0.410 e. The van der Waals surface area contributed by atoms with E-state index in [-0.39, 0.29) is 28.6 Å². The van der Waals surface area contributed by atoms with Gasteiger partial charge in [-0.3, -0.25) is 0 Å². The molecular weight excluding hydrogens is 553 g/mol. The van der Waals surface area contributed by atoms with E-state index in [0.29, 0.717) is 31.2 Å². The van der Waals surface area contributed by atoms with Crippen LogP contribution in [0.15, 0.2) is 72.9 Å². The summed E-state index contributed by atoms with van der Waals surface area (Å²) in [6, 6.07) is 20.6. The SMILES string of the molecule is C[C@H](c1cccc2ccccc12)N(CC1CCN(c2ncc(C(=O)O)s2)CC1c1cccc(F)c1)C(=O)OC(C)(C)C. The van der Waals surface area contributed by atoms with E-state index in [1.807, 2.05) is 56.9 Å². The molecule has 0 radical (unpaired) electrons. The number of carboxylic acids is 1. The predicted molar refractivity (Wildman–Crippen MR) is 164 cm³/mol. The Morgan fingerprint density at radius 1 is 1.14 bits per heavy atom. The quantitative estimate of drug-likeness (QED) is 0.237. The maximum absolute atomic E-state index is 14.5. The van der Waals surface area contributed by atoms with E-state index in [1.165, 1.54) is 12.3 Å². The van der Waals surface area contributed by atoms with Crippen molar-refractivity contribution in [1.82, 2.24) is 9.88 Å². The first kappa shape index (κ1) is 29.5. The number of anilines is 1. The molecule has 3 aromatic carbocycles. The van der Waals surface area contributed by atoms with Crippen LogP contribution in [0.1, 0.15) is 66.9 Å². The smallest absolute Gasteiger partial charge is 0.410 e. The summed E-state index contributed by atoms with van der Waals surface area (Å²) >= 11 is 1.13. The number of aromatic carboxylic acids is 1. The molecule has 5 rings (SSSR count). The van der Waals surface area contributed by atoms with E-state index in [0.717, 1.165) is 33.2 Å². The zero-order valence-electron chi connectivity index (χ0n) is 24.3. The molecule has 42 heavy (non-hydrogen) atoms. The van der Waals surface area contributed by atoms with Crippen molar-refractivity contribution in [2.24, 2.45) is 5.92 Å². The van der Waals surface area contributed by atoms with Gasteiger partial charge in [-0.1, -0.05) is 65.9 Å². The molecule has 1 aliphatic rings. The fourth-order valence-electron chi connectivity index (χ4n) is 5.76. The van der Waals surface area contributed by atoms with Crippen LogP contribution < -0.4 is 4.90 Å². The van der Waals surface area contributed by atoms with Gasteiger partial charge in [-0.15, -0.1) is 0 Å². The Morgan fingerprint density at radius 3 is 2.60 bits per heavy atom. The van der Waals surface area contributed by atoms with Crippen molar-refractivity contribution in [2.45, 2.75) is 51.7 Å². The van der Waals surface area contributed by atoms with Crippen molar-refractivity contribution in [1.29, 1.82) is 0 Å². The summed E-state index contributed by atoms with van der Waals surface area (Å²) in [5.74, 6) is -1.46. The molecule has 0 aliphatic carbocycles. The van der Waals surface area contributed by atoms with Gasteiger partial charge in [-0.05, 0) is 74.1 Å². The Morgan fingerprint density at radius 2 is 1.88 bits per heavy atom. The third-order valence-electron chi connectivity index (χ3n) is 7.81. The van der Waals surface area contributed by atoms with Crippen LogP contribution in [0.5, 0.6) is 0 Å². The number of fused-ring (bicyclic) bond motifs is 1. The lowest BCUT2D eigenvalue weighted by Gasteiger charge is -2.42. The molecule has 1 aliphatic heterocycles. The molecule has 4 aromatic rings. The van der Waals surface area contributed by atoms with E-state index >= 15 is 0 Å². The lowest BCUT2D eigenvalue weighted by atomic mass is 9.80. The van der Waals surface area contributed by atoms with E-state index in [4.69, 9.17) is 4.74 Å². The van der Waals surface area contributed by atoms with Crippen molar-refractivity contribution >= 4 is 39.3 Å². The minimum absolute atomic E-state index is 0.00750. The average Bonchev–Trinajstić information content (AvgIpc) is 3.45. The monoisotopic (exact) mass is 589 g/mol. The van der Waals surface area contributed by atoms with Crippen LogP contribution in [0, 0.1) is 11.7 Å².